The van der Waals surface area contributed by atoms with E-state index in [0.29, 0.717) is 12.3 Å². The fourth-order valence-electron chi connectivity index (χ4n) is 2.94. The topological polar surface area (TPSA) is 46.6 Å². The van der Waals surface area contributed by atoms with Gasteiger partial charge in [0.1, 0.15) is 5.75 Å². The molecule has 4 heteroatoms. The predicted molar refractivity (Wildman–Crippen MR) is 93.2 cm³/mol. The van der Waals surface area contributed by atoms with Gasteiger partial charge in [-0.1, -0.05) is 24.3 Å². The van der Waals surface area contributed by atoms with Crippen LogP contribution in [0.3, 0.4) is 0 Å². The number of anilines is 1. The quantitative estimate of drug-likeness (QED) is 0.641. The molecule has 1 aliphatic rings. The first kappa shape index (κ1) is 16.2. The van der Waals surface area contributed by atoms with E-state index in [1.54, 1.807) is 11.0 Å². The second kappa shape index (κ2) is 6.48. The van der Waals surface area contributed by atoms with Crippen molar-refractivity contribution in [3.8, 4) is 5.75 Å². The minimum absolute atomic E-state index is 0.0384. The third kappa shape index (κ3) is 3.18. The number of carbonyl (C=O) groups excluding carboxylic acids is 2. The first-order valence-corrected chi connectivity index (χ1v) is 8.10. The molecule has 3 rings (SSSR count). The molecule has 4 nitrogen and oxygen atoms in total. The van der Waals surface area contributed by atoms with Crippen LogP contribution in [0.2, 0.25) is 0 Å². The highest BCUT2D eigenvalue weighted by molar-refractivity contribution is 5.99. The van der Waals surface area contributed by atoms with Gasteiger partial charge >= 0.3 is 5.97 Å². The molecule has 0 N–H and O–H groups in total. The number of rotatable bonds is 3. The average molecular weight is 323 g/mol. The summed E-state index contributed by atoms with van der Waals surface area (Å²) in [6, 6.07) is 13.4. The molecule has 1 amide bonds. The monoisotopic (exact) mass is 323 g/mol. The Morgan fingerprint density at radius 1 is 1.12 bits per heavy atom. The van der Waals surface area contributed by atoms with Crippen LogP contribution in [0, 0.1) is 26.7 Å². The normalized spacial score (nSPS) is 17.2. The van der Waals surface area contributed by atoms with Gasteiger partial charge in [-0.25, -0.2) is 0 Å². The molecule has 124 valence electrons. The lowest BCUT2D eigenvalue weighted by Gasteiger charge is -2.17. The van der Waals surface area contributed by atoms with Crippen LogP contribution in [0.15, 0.2) is 42.5 Å². The zero-order chi connectivity index (χ0) is 17.3. The van der Waals surface area contributed by atoms with Crippen LogP contribution in [-0.2, 0) is 9.59 Å². The first-order valence-electron chi connectivity index (χ1n) is 8.10. The standard InChI is InChI=1S/C20H21NO3/c1-13-6-4-8-17(10-13)21-12-16(11-19(21)22)20(23)24-18-9-5-7-14(2)15(18)3/h4-10,16H,11-12H2,1-3H3/t16-/m1/s1. The van der Waals surface area contributed by atoms with E-state index in [-0.39, 0.29) is 18.3 Å². The summed E-state index contributed by atoms with van der Waals surface area (Å²) in [5, 5.41) is 0. The molecule has 0 spiro atoms. The van der Waals surface area contributed by atoms with Crippen LogP contribution < -0.4 is 9.64 Å². The van der Waals surface area contributed by atoms with E-state index in [1.165, 1.54) is 0 Å². The summed E-state index contributed by atoms with van der Waals surface area (Å²) in [7, 11) is 0. The highest BCUT2D eigenvalue weighted by Gasteiger charge is 2.36. The van der Waals surface area contributed by atoms with Crippen molar-refractivity contribution >= 4 is 17.6 Å². The van der Waals surface area contributed by atoms with Gasteiger partial charge in [-0.3, -0.25) is 9.59 Å². The maximum atomic E-state index is 12.5. The van der Waals surface area contributed by atoms with Crippen LogP contribution in [0.4, 0.5) is 5.69 Å². The van der Waals surface area contributed by atoms with Crippen molar-refractivity contribution in [2.75, 3.05) is 11.4 Å². The fraction of sp³-hybridized carbons (Fsp3) is 0.300. The lowest BCUT2D eigenvalue weighted by Crippen LogP contribution is -2.27. The Kier molecular flexibility index (Phi) is 4.38. The summed E-state index contributed by atoms with van der Waals surface area (Å²) in [6.45, 7) is 6.25. The molecule has 1 fully saturated rings. The van der Waals surface area contributed by atoms with Crippen molar-refractivity contribution in [3.63, 3.8) is 0 Å². The van der Waals surface area contributed by atoms with Crippen LogP contribution in [0.5, 0.6) is 5.75 Å². The summed E-state index contributed by atoms with van der Waals surface area (Å²) in [4.78, 5) is 26.4. The Hall–Kier alpha value is -2.62. The van der Waals surface area contributed by atoms with Crippen molar-refractivity contribution < 1.29 is 14.3 Å². The van der Waals surface area contributed by atoms with Crippen LogP contribution >= 0.6 is 0 Å². The van der Waals surface area contributed by atoms with Gasteiger partial charge in [-0.2, -0.15) is 0 Å². The lowest BCUT2D eigenvalue weighted by molar-refractivity contribution is -0.139. The van der Waals surface area contributed by atoms with Crippen LogP contribution in [-0.4, -0.2) is 18.4 Å². The summed E-state index contributed by atoms with van der Waals surface area (Å²) in [5.74, 6) is -0.241. The number of hydrogen-bond acceptors (Lipinski definition) is 3. The summed E-state index contributed by atoms with van der Waals surface area (Å²) in [6.07, 6.45) is 0.192. The van der Waals surface area contributed by atoms with Crippen molar-refractivity contribution in [1.82, 2.24) is 0 Å². The molecule has 0 aromatic heterocycles. The van der Waals surface area contributed by atoms with Crippen molar-refractivity contribution in [3.05, 3.63) is 59.2 Å². The molecule has 1 saturated heterocycles. The zero-order valence-corrected chi connectivity index (χ0v) is 14.2. The molecule has 24 heavy (non-hydrogen) atoms. The van der Waals surface area contributed by atoms with Gasteiger partial charge in [0.25, 0.3) is 0 Å². The van der Waals surface area contributed by atoms with Gasteiger partial charge < -0.3 is 9.64 Å². The molecule has 0 unspecified atom stereocenters. The van der Waals surface area contributed by atoms with Gasteiger partial charge in [0.05, 0.1) is 5.92 Å². The second-order valence-corrected chi connectivity index (χ2v) is 6.36. The zero-order valence-electron chi connectivity index (χ0n) is 14.2. The van der Waals surface area contributed by atoms with E-state index in [9.17, 15) is 9.59 Å². The van der Waals surface area contributed by atoms with E-state index in [0.717, 1.165) is 22.4 Å². The van der Waals surface area contributed by atoms with Gasteiger partial charge in [0.2, 0.25) is 5.91 Å². The molecule has 1 heterocycles. The minimum atomic E-state index is -0.432. The van der Waals surface area contributed by atoms with Gasteiger partial charge in [0, 0.05) is 18.7 Å². The summed E-state index contributed by atoms with van der Waals surface area (Å²) >= 11 is 0. The molecule has 0 aliphatic carbocycles. The largest absolute Gasteiger partial charge is 0.426 e. The number of esters is 1. The van der Waals surface area contributed by atoms with E-state index in [2.05, 4.69) is 0 Å². The molecule has 0 saturated carbocycles. The summed E-state index contributed by atoms with van der Waals surface area (Å²) < 4.78 is 5.55. The number of nitrogens with zero attached hydrogens (tertiary/aromatic N) is 1. The minimum Gasteiger partial charge on any atom is -0.426 e. The number of carbonyl (C=O) groups is 2. The molecule has 0 bridgehead atoms. The highest BCUT2D eigenvalue weighted by Crippen LogP contribution is 2.28. The molecule has 2 aromatic carbocycles. The molecule has 2 aromatic rings. The van der Waals surface area contributed by atoms with Crippen LogP contribution in [0.1, 0.15) is 23.1 Å². The van der Waals surface area contributed by atoms with Gasteiger partial charge in [-0.05, 0) is 55.7 Å². The number of hydrogen-bond donors (Lipinski definition) is 0. The Morgan fingerprint density at radius 2 is 1.88 bits per heavy atom. The Morgan fingerprint density at radius 3 is 2.62 bits per heavy atom. The van der Waals surface area contributed by atoms with Crippen LogP contribution in [0.25, 0.3) is 0 Å². The average Bonchev–Trinajstić information content (AvgIpc) is 2.94. The number of ether oxygens (including phenoxy) is 1. The number of benzene rings is 2. The third-order valence-corrected chi connectivity index (χ3v) is 4.54. The molecule has 0 radical (unpaired) electrons. The fourth-order valence-corrected chi connectivity index (χ4v) is 2.94. The number of aryl methyl sites for hydroxylation is 2. The summed E-state index contributed by atoms with van der Waals surface area (Å²) in [5.41, 5.74) is 3.94. The Bertz CT molecular complexity index is 797. The SMILES string of the molecule is Cc1cccc(N2C[C@H](C(=O)Oc3cccc(C)c3C)CC2=O)c1. The number of amides is 1. The van der Waals surface area contributed by atoms with Crippen molar-refractivity contribution in [1.29, 1.82) is 0 Å². The third-order valence-electron chi connectivity index (χ3n) is 4.54. The first-order chi connectivity index (χ1) is 11.5. The molecular formula is C20H21NO3. The lowest BCUT2D eigenvalue weighted by atomic mass is 10.1. The maximum absolute atomic E-state index is 12.5. The van der Waals surface area contributed by atoms with E-state index < -0.39 is 5.92 Å². The van der Waals surface area contributed by atoms with E-state index in [1.807, 2.05) is 57.2 Å². The maximum Gasteiger partial charge on any atom is 0.316 e. The van der Waals surface area contributed by atoms with Gasteiger partial charge in [0.15, 0.2) is 0 Å². The predicted octanol–water partition coefficient (Wildman–Crippen LogP) is 3.57. The smallest absolute Gasteiger partial charge is 0.316 e. The van der Waals surface area contributed by atoms with Crippen molar-refractivity contribution in [2.45, 2.75) is 27.2 Å². The molecular weight excluding hydrogens is 302 g/mol. The van der Waals surface area contributed by atoms with Crippen molar-refractivity contribution in [2.24, 2.45) is 5.92 Å². The van der Waals surface area contributed by atoms with E-state index >= 15 is 0 Å². The second-order valence-electron chi connectivity index (χ2n) is 6.36. The molecule has 1 atom stereocenters. The molecule has 1 aliphatic heterocycles. The highest BCUT2D eigenvalue weighted by atomic mass is 16.5. The van der Waals surface area contributed by atoms with Gasteiger partial charge in [-0.15, -0.1) is 0 Å². The Labute approximate surface area is 142 Å². The van der Waals surface area contributed by atoms with E-state index in [4.69, 9.17) is 4.74 Å². The Balaban J connectivity index is 1.73.